The smallest absolute Gasteiger partial charge is 0.272 e. The highest BCUT2D eigenvalue weighted by Gasteiger charge is 2.27. The van der Waals surface area contributed by atoms with Crippen LogP contribution < -0.4 is 0 Å². The zero-order chi connectivity index (χ0) is 19.6. The van der Waals surface area contributed by atoms with Crippen LogP contribution in [-0.2, 0) is 11.8 Å². The minimum atomic E-state index is -0.0409. The van der Waals surface area contributed by atoms with E-state index in [1.54, 1.807) is 4.90 Å². The Balaban J connectivity index is 2.01. The molecule has 1 fully saturated rings. The Hall–Kier alpha value is -1.91. The fourth-order valence-electron chi connectivity index (χ4n) is 4.23. The van der Waals surface area contributed by atoms with Crippen LogP contribution in [0.4, 0.5) is 0 Å². The van der Waals surface area contributed by atoms with Gasteiger partial charge in [0.2, 0.25) is 5.78 Å². The third-order valence-corrected chi connectivity index (χ3v) is 5.78. The number of amides is 1. The molecule has 148 valence electrons. The number of aromatic nitrogens is 3. The van der Waals surface area contributed by atoms with Gasteiger partial charge in [-0.1, -0.05) is 52.9 Å². The molecule has 1 saturated carbocycles. The molecule has 0 atom stereocenters. The predicted octanol–water partition coefficient (Wildman–Crippen LogP) is 4.63. The van der Waals surface area contributed by atoms with E-state index in [0.717, 1.165) is 18.0 Å². The van der Waals surface area contributed by atoms with E-state index >= 15 is 0 Å². The first-order valence-electron chi connectivity index (χ1n) is 10.5. The van der Waals surface area contributed by atoms with Crippen molar-refractivity contribution in [1.29, 1.82) is 0 Å². The van der Waals surface area contributed by atoms with Gasteiger partial charge in [0.15, 0.2) is 0 Å². The Morgan fingerprint density at radius 1 is 1.15 bits per heavy atom. The molecule has 0 unspecified atom stereocenters. The monoisotopic (exact) mass is 370 g/mol. The maximum atomic E-state index is 12.7. The minimum Gasteiger partial charge on any atom is -0.338 e. The van der Waals surface area contributed by atoms with Crippen LogP contribution in [-0.4, -0.2) is 38.3 Å². The molecule has 2 heterocycles. The number of rotatable bonds is 5. The van der Waals surface area contributed by atoms with Gasteiger partial charge in [0, 0.05) is 30.4 Å². The lowest BCUT2D eigenvalue weighted by atomic mass is 9.83. The summed E-state index contributed by atoms with van der Waals surface area (Å²) >= 11 is 0. The largest absolute Gasteiger partial charge is 0.338 e. The van der Waals surface area contributed by atoms with Crippen molar-refractivity contribution >= 4 is 11.7 Å². The first-order chi connectivity index (χ1) is 12.8. The van der Waals surface area contributed by atoms with Crippen molar-refractivity contribution in [3.05, 3.63) is 29.3 Å². The summed E-state index contributed by atoms with van der Waals surface area (Å²) in [5.74, 6) is 1.37. The van der Waals surface area contributed by atoms with Crippen LogP contribution in [0.3, 0.4) is 0 Å². The molecule has 1 aliphatic rings. The first-order valence-corrected chi connectivity index (χ1v) is 10.5. The Morgan fingerprint density at radius 2 is 1.81 bits per heavy atom. The average molecular weight is 371 g/mol. The van der Waals surface area contributed by atoms with Crippen LogP contribution >= 0.6 is 0 Å². The average Bonchev–Trinajstić information content (AvgIpc) is 3.01. The lowest BCUT2D eigenvalue weighted by Gasteiger charge is -2.24. The maximum absolute atomic E-state index is 12.7. The molecule has 1 amide bonds. The van der Waals surface area contributed by atoms with Gasteiger partial charge in [0.05, 0.1) is 5.69 Å². The summed E-state index contributed by atoms with van der Waals surface area (Å²) in [6.45, 7) is 12.0. The molecule has 1 aliphatic carbocycles. The van der Waals surface area contributed by atoms with Gasteiger partial charge in [-0.15, -0.1) is 0 Å². The number of carbonyl (C=O) groups excluding carboxylic acids is 1. The molecule has 5 nitrogen and oxygen atoms in total. The molecule has 2 aromatic heterocycles. The lowest BCUT2D eigenvalue weighted by molar-refractivity contribution is 0.0767. The number of fused-ring (bicyclic) bond motifs is 1. The Bertz CT molecular complexity index is 792. The van der Waals surface area contributed by atoms with Crippen molar-refractivity contribution in [3.63, 3.8) is 0 Å². The summed E-state index contributed by atoms with van der Waals surface area (Å²) in [4.78, 5) is 24.0. The zero-order valence-corrected chi connectivity index (χ0v) is 17.6. The minimum absolute atomic E-state index is 0.0170. The van der Waals surface area contributed by atoms with E-state index in [9.17, 15) is 4.79 Å². The van der Waals surface area contributed by atoms with Gasteiger partial charge in [0.25, 0.3) is 5.91 Å². The van der Waals surface area contributed by atoms with Gasteiger partial charge < -0.3 is 4.90 Å². The van der Waals surface area contributed by atoms with Crippen LogP contribution in [0.1, 0.15) is 88.6 Å². The van der Waals surface area contributed by atoms with Crippen LogP contribution in [0, 0.1) is 5.92 Å². The fourth-order valence-corrected chi connectivity index (χ4v) is 4.23. The molecule has 0 aliphatic heterocycles. The number of hydrogen-bond acceptors (Lipinski definition) is 3. The molecule has 0 spiro atoms. The number of nitrogens with zero attached hydrogens (tertiary/aromatic N) is 4. The van der Waals surface area contributed by atoms with E-state index in [4.69, 9.17) is 4.98 Å². The van der Waals surface area contributed by atoms with Gasteiger partial charge in [-0.3, -0.25) is 9.20 Å². The van der Waals surface area contributed by atoms with Crippen molar-refractivity contribution in [3.8, 4) is 0 Å². The van der Waals surface area contributed by atoms with E-state index in [0.29, 0.717) is 24.6 Å². The Labute approximate surface area is 163 Å². The molecule has 27 heavy (non-hydrogen) atoms. The van der Waals surface area contributed by atoms with E-state index < -0.39 is 0 Å². The third-order valence-electron chi connectivity index (χ3n) is 5.78. The van der Waals surface area contributed by atoms with E-state index in [-0.39, 0.29) is 11.3 Å². The van der Waals surface area contributed by atoms with Crippen LogP contribution in [0.15, 0.2) is 12.3 Å². The molecule has 5 heteroatoms. The number of carbonyl (C=O) groups is 1. The van der Waals surface area contributed by atoms with E-state index in [1.807, 2.05) is 26.1 Å². The third kappa shape index (κ3) is 4.17. The quantitative estimate of drug-likeness (QED) is 0.771. The van der Waals surface area contributed by atoms with Crippen molar-refractivity contribution in [2.24, 2.45) is 5.92 Å². The highest BCUT2D eigenvalue weighted by molar-refractivity contribution is 5.92. The topological polar surface area (TPSA) is 50.5 Å². The van der Waals surface area contributed by atoms with Crippen LogP contribution in [0.25, 0.3) is 5.78 Å². The molecule has 0 N–H and O–H groups in total. The second-order valence-electron chi connectivity index (χ2n) is 8.83. The molecule has 2 aromatic rings. The number of imidazole rings is 1. The summed E-state index contributed by atoms with van der Waals surface area (Å²) < 4.78 is 2.12. The molecule has 0 aromatic carbocycles. The van der Waals surface area contributed by atoms with Crippen molar-refractivity contribution in [2.45, 2.75) is 78.6 Å². The van der Waals surface area contributed by atoms with E-state index in [2.05, 4.69) is 30.2 Å². The predicted molar refractivity (Wildman–Crippen MR) is 109 cm³/mol. The highest BCUT2D eigenvalue weighted by Crippen LogP contribution is 2.32. The standard InChI is InChI=1S/C22H34N4O/c1-6-25(7-2)20(27)17-13-14-26-18(15-16-11-9-8-10-12-16)19(22(3,4)5)24-21(26)23-17/h13-14,16H,6-12,15H2,1-5H3. The molecule has 0 bridgehead atoms. The molecular weight excluding hydrogens is 336 g/mol. The first kappa shape index (κ1) is 19.8. The SMILES string of the molecule is CCN(CC)C(=O)c1ccn2c(CC3CCCCC3)c(C(C)(C)C)nc2n1. The molecule has 3 rings (SSSR count). The molecular formula is C22H34N4O. The van der Waals surface area contributed by atoms with Crippen molar-refractivity contribution < 1.29 is 4.79 Å². The number of hydrogen-bond donors (Lipinski definition) is 0. The lowest BCUT2D eigenvalue weighted by Crippen LogP contribution is -2.31. The normalized spacial score (nSPS) is 16.0. The summed E-state index contributed by atoms with van der Waals surface area (Å²) in [6.07, 6.45) is 9.72. The molecule has 0 saturated heterocycles. The molecule has 0 radical (unpaired) electrons. The summed E-state index contributed by atoms with van der Waals surface area (Å²) in [5.41, 5.74) is 2.84. The second kappa shape index (κ2) is 7.99. The van der Waals surface area contributed by atoms with Crippen LogP contribution in [0.5, 0.6) is 0 Å². The van der Waals surface area contributed by atoms with Gasteiger partial charge in [-0.05, 0) is 32.3 Å². The van der Waals surface area contributed by atoms with Gasteiger partial charge in [-0.2, -0.15) is 0 Å². The summed E-state index contributed by atoms with van der Waals surface area (Å²) in [7, 11) is 0. The van der Waals surface area contributed by atoms with Gasteiger partial charge in [-0.25, -0.2) is 9.97 Å². The second-order valence-corrected chi connectivity index (χ2v) is 8.83. The van der Waals surface area contributed by atoms with Crippen molar-refractivity contribution in [1.82, 2.24) is 19.3 Å². The van der Waals surface area contributed by atoms with Crippen molar-refractivity contribution in [2.75, 3.05) is 13.1 Å². The van der Waals surface area contributed by atoms with Crippen LogP contribution in [0.2, 0.25) is 0 Å². The van der Waals surface area contributed by atoms with Gasteiger partial charge in [0.1, 0.15) is 5.69 Å². The summed E-state index contributed by atoms with van der Waals surface area (Å²) in [6, 6.07) is 1.85. The highest BCUT2D eigenvalue weighted by atomic mass is 16.2. The summed E-state index contributed by atoms with van der Waals surface area (Å²) in [5, 5.41) is 0. The van der Waals surface area contributed by atoms with E-state index in [1.165, 1.54) is 37.8 Å². The van der Waals surface area contributed by atoms with Gasteiger partial charge >= 0.3 is 0 Å². The Morgan fingerprint density at radius 3 is 2.41 bits per heavy atom. The maximum Gasteiger partial charge on any atom is 0.272 e. The Kier molecular flexibility index (Phi) is 5.87. The fraction of sp³-hybridized carbons (Fsp3) is 0.682. The zero-order valence-electron chi connectivity index (χ0n) is 17.6.